The van der Waals surface area contributed by atoms with Gasteiger partial charge in [0.15, 0.2) is 11.5 Å². The fourth-order valence-electron chi connectivity index (χ4n) is 1.85. The van der Waals surface area contributed by atoms with E-state index in [1.165, 1.54) is 9.75 Å². The lowest BCUT2D eigenvalue weighted by atomic mass is 9.71. The van der Waals surface area contributed by atoms with E-state index in [0.717, 1.165) is 11.5 Å². The number of fused-ring (bicyclic) bond motifs is 1. The molecule has 0 radical (unpaired) electrons. The van der Waals surface area contributed by atoms with Crippen molar-refractivity contribution in [1.29, 1.82) is 0 Å². The highest BCUT2D eigenvalue weighted by atomic mass is 32.1. The molecule has 0 amide bonds. The van der Waals surface area contributed by atoms with E-state index in [0.29, 0.717) is 19.1 Å². The highest BCUT2D eigenvalue weighted by Crippen LogP contribution is 2.50. The highest BCUT2D eigenvalue weighted by molar-refractivity contribution is 7.13. The smallest absolute Gasteiger partial charge is 0.175 e. The second-order valence-corrected chi connectivity index (χ2v) is 6.61. The topological polar surface area (TPSA) is 18.5 Å². The van der Waals surface area contributed by atoms with Crippen LogP contribution in [0.25, 0.3) is 0 Å². The van der Waals surface area contributed by atoms with Crippen LogP contribution in [0.1, 0.15) is 43.4 Å². The maximum Gasteiger partial charge on any atom is 0.175 e. The van der Waals surface area contributed by atoms with Crippen molar-refractivity contribution in [3.8, 4) is 11.5 Å². The molecule has 0 N–H and O–H groups in total. The Labute approximate surface area is 102 Å². The summed E-state index contributed by atoms with van der Waals surface area (Å²) < 4.78 is 11.6. The molecule has 1 aromatic heterocycles. The van der Waals surface area contributed by atoms with Crippen LogP contribution in [-0.4, -0.2) is 21.1 Å². The second kappa shape index (κ2) is 3.99. The summed E-state index contributed by atoms with van der Waals surface area (Å²) in [6.45, 7) is 10.2. The van der Waals surface area contributed by atoms with E-state index >= 15 is 0 Å². The molecule has 88 valence electrons. The minimum Gasteiger partial charge on any atom is -0.485 e. The molecule has 0 aliphatic carbocycles. The fraction of sp³-hybridized carbons (Fsp3) is 0.667. The van der Waals surface area contributed by atoms with Gasteiger partial charge in [0.25, 0.3) is 0 Å². The largest absolute Gasteiger partial charge is 0.485 e. The van der Waals surface area contributed by atoms with Crippen LogP contribution in [-0.2, 0) is 5.31 Å². The summed E-state index contributed by atoms with van der Waals surface area (Å²) in [6, 6.07) is 0. The summed E-state index contributed by atoms with van der Waals surface area (Å²) in [4.78, 5) is 2.63. The van der Waals surface area contributed by atoms with Crippen molar-refractivity contribution in [3.63, 3.8) is 0 Å². The van der Waals surface area contributed by atoms with Crippen molar-refractivity contribution in [2.45, 2.75) is 38.9 Å². The Morgan fingerprint density at radius 1 is 1.19 bits per heavy atom. The summed E-state index contributed by atoms with van der Waals surface area (Å²) in [5.74, 6) is 2.49. The molecular weight excluding hydrogens is 219 g/mol. The molecule has 16 heavy (non-hydrogen) atoms. The van der Waals surface area contributed by atoms with Crippen molar-refractivity contribution in [3.05, 3.63) is 9.75 Å². The highest BCUT2D eigenvalue weighted by Gasteiger charge is 2.31. The van der Waals surface area contributed by atoms with Crippen molar-refractivity contribution in [2.24, 2.45) is 0 Å². The van der Waals surface area contributed by atoms with Crippen molar-refractivity contribution in [1.82, 2.24) is 0 Å². The number of hydrogen-bond acceptors (Lipinski definition) is 3. The van der Waals surface area contributed by atoms with Gasteiger partial charge in [0.05, 0.1) is 4.88 Å². The van der Waals surface area contributed by atoms with Crippen LogP contribution in [0.3, 0.4) is 0 Å². The number of thiophene rings is 1. The molecule has 2 rings (SSSR count). The first-order valence-electron chi connectivity index (χ1n) is 5.84. The Kier molecular flexibility index (Phi) is 2.95. The molecular formula is C12H19BO2S. The first-order chi connectivity index (χ1) is 7.41. The average molecular weight is 238 g/mol. The van der Waals surface area contributed by atoms with Gasteiger partial charge >= 0.3 is 0 Å². The molecule has 0 fully saturated rings. The van der Waals surface area contributed by atoms with Gasteiger partial charge in [0.1, 0.15) is 21.1 Å². The van der Waals surface area contributed by atoms with E-state index < -0.39 is 0 Å². The van der Waals surface area contributed by atoms with Gasteiger partial charge in [-0.05, 0) is 11.2 Å². The summed E-state index contributed by atoms with van der Waals surface area (Å²) in [6.07, 6.45) is 0. The van der Waals surface area contributed by atoms with E-state index in [1.54, 1.807) is 0 Å². The molecule has 0 aromatic carbocycles. The summed E-state index contributed by atoms with van der Waals surface area (Å²) in [7, 11) is 2.22. The predicted octanol–water partition coefficient (Wildman–Crippen LogP) is 2.51. The molecule has 0 saturated heterocycles. The number of rotatable bonds is 2. The van der Waals surface area contributed by atoms with Crippen LogP contribution >= 0.6 is 11.3 Å². The molecule has 0 bridgehead atoms. The molecule has 1 aliphatic rings. The van der Waals surface area contributed by atoms with Crippen molar-refractivity contribution >= 4 is 19.2 Å². The van der Waals surface area contributed by atoms with Crippen LogP contribution in [0.4, 0.5) is 0 Å². The van der Waals surface area contributed by atoms with Gasteiger partial charge in [-0.25, -0.2) is 0 Å². The maximum absolute atomic E-state index is 5.80. The predicted molar refractivity (Wildman–Crippen MR) is 71.0 cm³/mol. The van der Waals surface area contributed by atoms with Gasteiger partial charge in [-0.15, -0.1) is 11.3 Å². The van der Waals surface area contributed by atoms with Crippen LogP contribution < -0.4 is 9.47 Å². The van der Waals surface area contributed by atoms with Crippen LogP contribution in [0, 0.1) is 0 Å². The van der Waals surface area contributed by atoms with Crippen molar-refractivity contribution in [2.75, 3.05) is 13.2 Å². The Hall–Kier alpha value is -0.635. The third-order valence-corrected chi connectivity index (χ3v) is 4.51. The van der Waals surface area contributed by atoms with E-state index in [9.17, 15) is 0 Å². The Bertz CT molecular complexity index is 390. The standard InChI is InChI=1S/C12H19BO2S/c1-7(2)10-8-9(15-6-5-14-8)11(16-10)12(3,4)13/h7H,5-6,13H2,1-4H3. The van der Waals surface area contributed by atoms with Crippen LogP contribution in [0.5, 0.6) is 11.5 Å². The minimum atomic E-state index is 0.128. The first-order valence-corrected chi connectivity index (χ1v) is 6.65. The Morgan fingerprint density at radius 3 is 2.25 bits per heavy atom. The summed E-state index contributed by atoms with van der Waals surface area (Å²) in [5, 5.41) is 0.128. The molecule has 0 spiro atoms. The quantitative estimate of drug-likeness (QED) is 0.737. The lowest BCUT2D eigenvalue weighted by molar-refractivity contribution is 0.169. The lowest BCUT2D eigenvalue weighted by Gasteiger charge is -2.22. The number of hydrogen-bond donors (Lipinski definition) is 0. The van der Waals surface area contributed by atoms with Gasteiger partial charge in [-0.1, -0.05) is 27.7 Å². The molecule has 0 saturated carbocycles. The van der Waals surface area contributed by atoms with E-state index in [-0.39, 0.29) is 5.31 Å². The molecule has 2 nitrogen and oxygen atoms in total. The van der Waals surface area contributed by atoms with E-state index in [1.807, 2.05) is 11.3 Å². The normalized spacial score (nSPS) is 15.6. The third kappa shape index (κ3) is 1.95. The molecule has 0 atom stereocenters. The molecule has 0 unspecified atom stereocenters. The second-order valence-electron chi connectivity index (χ2n) is 5.56. The Morgan fingerprint density at radius 2 is 1.75 bits per heavy atom. The van der Waals surface area contributed by atoms with Gasteiger partial charge in [-0.3, -0.25) is 0 Å². The first kappa shape index (κ1) is 11.8. The number of ether oxygens (including phenoxy) is 2. The zero-order valence-corrected chi connectivity index (χ0v) is 11.5. The monoisotopic (exact) mass is 238 g/mol. The summed E-state index contributed by atoms with van der Waals surface area (Å²) in [5.41, 5.74) is 0. The fourth-order valence-corrected chi connectivity index (χ4v) is 3.10. The van der Waals surface area contributed by atoms with Gasteiger partial charge in [-0.2, -0.15) is 0 Å². The molecule has 1 aliphatic heterocycles. The summed E-state index contributed by atoms with van der Waals surface area (Å²) >= 11 is 1.84. The molecule has 1 aromatic rings. The lowest BCUT2D eigenvalue weighted by Crippen LogP contribution is -2.20. The van der Waals surface area contributed by atoms with Crippen molar-refractivity contribution < 1.29 is 9.47 Å². The SMILES string of the molecule is BC(C)(C)c1sc(C(C)C)c2c1OCCO2. The van der Waals surface area contributed by atoms with E-state index in [4.69, 9.17) is 9.47 Å². The van der Waals surface area contributed by atoms with Gasteiger partial charge < -0.3 is 9.47 Å². The zero-order valence-electron chi connectivity index (χ0n) is 10.7. The van der Waals surface area contributed by atoms with Gasteiger partial charge in [0.2, 0.25) is 0 Å². The molecule has 2 heterocycles. The van der Waals surface area contributed by atoms with E-state index in [2.05, 4.69) is 35.5 Å². The average Bonchev–Trinajstić information content (AvgIpc) is 2.56. The van der Waals surface area contributed by atoms with Crippen LogP contribution in [0.2, 0.25) is 0 Å². The zero-order chi connectivity index (χ0) is 11.9. The minimum absolute atomic E-state index is 0.128. The maximum atomic E-state index is 5.80. The third-order valence-electron chi connectivity index (χ3n) is 2.63. The van der Waals surface area contributed by atoms with Gasteiger partial charge in [0, 0.05) is 4.88 Å². The molecule has 4 heteroatoms. The Balaban J connectivity index is 2.55. The van der Waals surface area contributed by atoms with Crippen LogP contribution in [0.15, 0.2) is 0 Å².